The maximum Gasteiger partial charge on any atom is 0.496 e. The van der Waals surface area contributed by atoms with Crippen molar-refractivity contribution in [1.82, 2.24) is 0 Å². The number of halogens is 1. The largest absolute Gasteiger partial charge is 0.496 e. The maximum absolute atomic E-state index is 9.72. The van der Waals surface area contributed by atoms with Gasteiger partial charge in [-0.05, 0) is 67.5 Å². The van der Waals surface area contributed by atoms with Crippen LogP contribution >= 0.6 is 11.6 Å². The van der Waals surface area contributed by atoms with E-state index < -0.39 is 36.6 Å². The number of nitriles is 1. The number of hydrogen-bond acceptors (Lipinski definition) is 5. The predicted octanol–water partition coefficient (Wildman–Crippen LogP) is 2.81. The Hall–Kier alpha value is -1.03. The number of benzene rings is 1. The zero-order valence-electron chi connectivity index (χ0n) is 17.3. The summed E-state index contributed by atoms with van der Waals surface area (Å²) in [5.41, 5.74) is -0.296. The SMILES string of the molecule is CC1(C)OB(c2cc(C#N)c(B3OC(C)(C)C(C)(C)O3)cc2Cl)OC1(C)C. The fourth-order valence-corrected chi connectivity index (χ4v) is 3.28. The van der Waals surface area contributed by atoms with Gasteiger partial charge < -0.3 is 18.6 Å². The number of rotatable bonds is 2. The van der Waals surface area contributed by atoms with Crippen molar-refractivity contribution in [2.24, 2.45) is 0 Å². The Morgan fingerprint density at radius 1 is 0.741 bits per heavy atom. The van der Waals surface area contributed by atoms with Gasteiger partial charge in [-0.1, -0.05) is 11.6 Å². The first-order chi connectivity index (χ1) is 12.2. The van der Waals surface area contributed by atoms with Crippen LogP contribution in [0.25, 0.3) is 0 Å². The molecule has 1 aromatic carbocycles. The molecule has 0 bridgehead atoms. The summed E-state index contributed by atoms with van der Waals surface area (Å²) in [6.07, 6.45) is 0. The van der Waals surface area contributed by atoms with Gasteiger partial charge in [0.25, 0.3) is 0 Å². The Labute approximate surface area is 167 Å². The second-order valence-corrected chi connectivity index (χ2v) is 9.66. The van der Waals surface area contributed by atoms with Crippen molar-refractivity contribution in [3.63, 3.8) is 0 Å². The summed E-state index contributed by atoms with van der Waals surface area (Å²) in [6, 6.07) is 5.67. The third kappa shape index (κ3) is 3.32. The smallest absolute Gasteiger partial charge is 0.399 e. The average molecular weight is 389 g/mol. The topological polar surface area (TPSA) is 60.7 Å². The lowest BCUT2D eigenvalue weighted by molar-refractivity contribution is 0.00578. The van der Waals surface area contributed by atoms with Crippen LogP contribution in [0.5, 0.6) is 0 Å². The standard InChI is InChI=1S/C19H26B2ClNO4/c1-16(2)17(3,4)25-20(24-16)13-10-15(22)14(9-12(13)11-23)21-26-18(5,6)19(7,8)27-21/h9-10H,1-8H3. The van der Waals surface area contributed by atoms with Gasteiger partial charge in [0.05, 0.1) is 34.0 Å². The molecule has 2 heterocycles. The van der Waals surface area contributed by atoms with Crippen molar-refractivity contribution >= 4 is 36.8 Å². The van der Waals surface area contributed by atoms with Crippen molar-refractivity contribution in [2.45, 2.75) is 77.8 Å². The van der Waals surface area contributed by atoms with Gasteiger partial charge in [-0.25, -0.2) is 0 Å². The maximum atomic E-state index is 9.72. The van der Waals surface area contributed by atoms with Gasteiger partial charge in [0.2, 0.25) is 0 Å². The van der Waals surface area contributed by atoms with Crippen molar-refractivity contribution < 1.29 is 18.6 Å². The highest BCUT2D eigenvalue weighted by Crippen LogP contribution is 2.38. The summed E-state index contributed by atoms with van der Waals surface area (Å²) >= 11 is 6.56. The molecule has 0 aromatic heterocycles. The van der Waals surface area contributed by atoms with Gasteiger partial charge in [0.15, 0.2) is 0 Å². The van der Waals surface area contributed by atoms with Crippen LogP contribution in [-0.4, -0.2) is 36.6 Å². The van der Waals surface area contributed by atoms with Crippen LogP contribution in [0.2, 0.25) is 5.02 Å². The van der Waals surface area contributed by atoms with Gasteiger partial charge in [0, 0.05) is 15.9 Å². The lowest BCUT2D eigenvalue weighted by Crippen LogP contribution is -2.41. The summed E-state index contributed by atoms with van der Waals surface area (Å²) in [7, 11) is -1.29. The Bertz CT molecular complexity index is 785. The second kappa shape index (κ2) is 6.23. The third-order valence-corrected chi connectivity index (χ3v) is 6.63. The molecular formula is C19H26B2ClNO4. The molecule has 0 saturated carbocycles. The zero-order chi connectivity index (χ0) is 20.4. The summed E-state index contributed by atoms with van der Waals surface area (Å²) in [6.45, 7) is 15.8. The molecule has 8 heteroatoms. The highest BCUT2D eigenvalue weighted by Gasteiger charge is 2.54. The molecule has 0 amide bonds. The first-order valence-electron chi connectivity index (χ1n) is 9.15. The lowest BCUT2D eigenvalue weighted by Gasteiger charge is -2.32. The molecule has 5 nitrogen and oxygen atoms in total. The van der Waals surface area contributed by atoms with E-state index in [1.54, 1.807) is 12.1 Å². The van der Waals surface area contributed by atoms with E-state index in [0.29, 0.717) is 21.5 Å². The third-order valence-electron chi connectivity index (χ3n) is 6.30. The van der Waals surface area contributed by atoms with Crippen LogP contribution < -0.4 is 10.9 Å². The minimum absolute atomic E-state index is 0.433. The van der Waals surface area contributed by atoms with Gasteiger partial charge in [0.1, 0.15) is 0 Å². The molecule has 1 aromatic rings. The van der Waals surface area contributed by atoms with Crippen LogP contribution in [0, 0.1) is 11.3 Å². The minimum Gasteiger partial charge on any atom is -0.399 e. The zero-order valence-corrected chi connectivity index (χ0v) is 18.0. The van der Waals surface area contributed by atoms with E-state index in [9.17, 15) is 5.26 Å². The molecule has 0 atom stereocenters. The molecule has 0 spiro atoms. The monoisotopic (exact) mass is 389 g/mol. The Morgan fingerprint density at radius 3 is 1.48 bits per heavy atom. The Kier molecular flexibility index (Phi) is 4.78. The average Bonchev–Trinajstić information content (AvgIpc) is 2.86. The van der Waals surface area contributed by atoms with E-state index in [1.165, 1.54) is 0 Å². The first-order valence-corrected chi connectivity index (χ1v) is 9.53. The molecule has 0 unspecified atom stereocenters. The first kappa shape index (κ1) is 20.7. The van der Waals surface area contributed by atoms with E-state index in [1.807, 2.05) is 55.4 Å². The van der Waals surface area contributed by atoms with E-state index in [4.69, 9.17) is 30.2 Å². The van der Waals surface area contributed by atoms with Crippen LogP contribution in [0.1, 0.15) is 61.0 Å². The lowest BCUT2D eigenvalue weighted by atomic mass is 9.71. The van der Waals surface area contributed by atoms with Crippen molar-refractivity contribution in [2.75, 3.05) is 0 Å². The summed E-state index contributed by atoms with van der Waals surface area (Å²) in [5.74, 6) is 0. The van der Waals surface area contributed by atoms with Gasteiger partial charge in [-0.15, -0.1) is 0 Å². The summed E-state index contributed by atoms with van der Waals surface area (Å²) in [4.78, 5) is 0. The normalized spacial score (nSPS) is 24.9. The molecule has 2 aliphatic heterocycles. The predicted molar refractivity (Wildman–Crippen MR) is 108 cm³/mol. The van der Waals surface area contributed by atoms with Crippen LogP contribution in [0.3, 0.4) is 0 Å². The molecule has 0 aliphatic carbocycles. The van der Waals surface area contributed by atoms with Crippen molar-refractivity contribution in [1.29, 1.82) is 5.26 Å². The molecule has 2 aliphatic rings. The molecule has 0 radical (unpaired) electrons. The van der Waals surface area contributed by atoms with Gasteiger partial charge in [-0.3, -0.25) is 0 Å². The fourth-order valence-electron chi connectivity index (χ4n) is 3.02. The Balaban J connectivity index is 1.98. The van der Waals surface area contributed by atoms with Crippen molar-refractivity contribution in [3.8, 4) is 6.07 Å². The van der Waals surface area contributed by atoms with E-state index in [2.05, 4.69) is 6.07 Å². The van der Waals surface area contributed by atoms with E-state index in [0.717, 1.165) is 0 Å². The van der Waals surface area contributed by atoms with Gasteiger partial charge >= 0.3 is 14.2 Å². The van der Waals surface area contributed by atoms with Crippen LogP contribution in [-0.2, 0) is 18.6 Å². The molecule has 2 fully saturated rings. The quantitative estimate of drug-likeness (QED) is 0.728. The summed E-state index contributed by atoms with van der Waals surface area (Å²) < 4.78 is 24.3. The van der Waals surface area contributed by atoms with Crippen LogP contribution in [0.15, 0.2) is 12.1 Å². The van der Waals surface area contributed by atoms with E-state index in [-0.39, 0.29) is 0 Å². The van der Waals surface area contributed by atoms with Gasteiger partial charge in [-0.2, -0.15) is 5.26 Å². The molecule has 2 saturated heterocycles. The molecule has 3 rings (SSSR count). The van der Waals surface area contributed by atoms with E-state index >= 15 is 0 Å². The molecular weight excluding hydrogens is 363 g/mol. The second-order valence-electron chi connectivity index (χ2n) is 9.25. The minimum atomic E-state index is -0.658. The number of hydrogen-bond donors (Lipinski definition) is 0. The van der Waals surface area contributed by atoms with Crippen molar-refractivity contribution in [3.05, 3.63) is 22.7 Å². The molecule has 27 heavy (non-hydrogen) atoms. The number of nitrogens with zero attached hydrogens (tertiary/aromatic N) is 1. The highest BCUT2D eigenvalue weighted by molar-refractivity contribution is 6.67. The molecule has 144 valence electrons. The summed E-state index contributed by atoms with van der Waals surface area (Å²) in [5, 5.41) is 10.2. The Morgan fingerprint density at radius 2 is 1.11 bits per heavy atom. The highest BCUT2D eigenvalue weighted by atomic mass is 35.5. The molecule has 0 N–H and O–H groups in total. The van der Waals surface area contributed by atoms with Crippen LogP contribution in [0.4, 0.5) is 0 Å². The fraction of sp³-hybridized carbons (Fsp3) is 0.632.